The van der Waals surface area contributed by atoms with Gasteiger partial charge in [-0.1, -0.05) is 0 Å². The summed E-state index contributed by atoms with van der Waals surface area (Å²) in [7, 11) is 0. The third-order valence-electron chi connectivity index (χ3n) is 4.31. The standard InChI is InChI=1S/2C8H2Cl2I3NO2.C6H10O4S2/c2*9-7(15)1-3(11)2(8(10)16)5(13)6(14)4(1)12;7-5(8)3-11-1-2-12-4-6(9)10/h2*14H2;1-4H2,(H,7,8)(H,9,10). The van der Waals surface area contributed by atoms with E-state index >= 15 is 0 Å². The summed E-state index contributed by atoms with van der Waals surface area (Å²) >= 11 is 35.8. The second-order valence-electron chi connectivity index (χ2n) is 7.20. The maximum atomic E-state index is 11.3. The van der Waals surface area contributed by atoms with Gasteiger partial charge in [0.15, 0.2) is 0 Å². The molecule has 22 heteroatoms. The summed E-state index contributed by atoms with van der Waals surface area (Å²) in [5.74, 6) is -0.109. The fraction of sp³-hybridized carbons (Fsp3) is 0.182. The number of thioether (sulfide) groups is 2. The number of anilines is 2. The molecule has 2 rings (SSSR count). The highest BCUT2D eigenvalue weighted by Gasteiger charge is 2.26. The number of aliphatic carboxylic acids is 2. The maximum Gasteiger partial charge on any atom is 0.313 e. The molecule has 0 saturated heterocycles. The lowest BCUT2D eigenvalue weighted by molar-refractivity contribution is -0.134. The Hall–Kier alpha value is 1.90. The van der Waals surface area contributed by atoms with Crippen molar-refractivity contribution in [2.45, 2.75) is 0 Å². The van der Waals surface area contributed by atoms with E-state index in [9.17, 15) is 28.8 Å². The van der Waals surface area contributed by atoms with E-state index in [1.165, 1.54) is 23.5 Å². The van der Waals surface area contributed by atoms with Crippen molar-refractivity contribution < 1.29 is 39.0 Å². The summed E-state index contributed by atoms with van der Waals surface area (Å²) in [4.78, 5) is 65.1. The number of hydrogen-bond donors (Lipinski definition) is 4. The van der Waals surface area contributed by atoms with E-state index in [0.29, 0.717) is 44.3 Å². The van der Waals surface area contributed by atoms with E-state index in [2.05, 4.69) is 0 Å². The van der Waals surface area contributed by atoms with Gasteiger partial charge in [-0.3, -0.25) is 28.8 Å². The van der Waals surface area contributed by atoms with Crippen molar-refractivity contribution in [3.8, 4) is 0 Å². The molecule has 2 aromatic rings. The Bertz CT molecular complexity index is 1310. The van der Waals surface area contributed by atoms with Crippen molar-refractivity contribution in [3.63, 3.8) is 0 Å². The minimum atomic E-state index is -0.830. The van der Waals surface area contributed by atoms with Crippen molar-refractivity contribution in [1.29, 1.82) is 0 Å². The number of nitrogen functional groups attached to an aromatic ring is 2. The highest BCUT2D eigenvalue weighted by Crippen LogP contribution is 2.36. The SMILES string of the molecule is Nc1c(I)c(C(=O)Cl)c(I)c(C(=O)Cl)c1I.Nc1c(I)c(C(=O)Cl)c(I)c(C(=O)Cl)c1I.O=C(O)CSCCSCC(=O)O. The summed E-state index contributed by atoms with van der Waals surface area (Å²) in [6.07, 6.45) is 0. The Morgan fingerprint density at radius 3 is 0.864 bits per heavy atom. The quantitative estimate of drug-likeness (QED) is 0.0729. The number of carbonyl (C=O) groups excluding carboxylic acids is 4. The van der Waals surface area contributed by atoms with E-state index in [1.54, 1.807) is 0 Å². The van der Waals surface area contributed by atoms with Gasteiger partial charge in [0.1, 0.15) is 0 Å². The first kappa shape index (κ1) is 45.9. The summed E-state index contributed by atoms with van der Waals surface area (Å²) < 4.78 is 3.00. The summed E-state index contributed by atoms with van der Waals surface area (Å²) in [6.45, 7) is 0. The van der Waals surface area contributed by atoms with Crippen LogP contribution in [-0.2, 0) is 9.59 Å². The zero-order valence-corrected chi connectivity index (χ0v) is 38.5. The van der Waals surface area contributed by atoms with Crippen LogP contribution in [0.1, 0.15) is 41.4 Å². The predicted octanol–water partition coefficient (Wildman–Crippen LogP) is 8.30. The molecule has 0 aromatic heterocycles. The Balaban J connectivity index is 0.000000639. The largest absolute Gasteiger partial charge is 0.481 e. The lowest BCUT2D eigenvalue weighted by Gasteiger charge is -2.12. The Kier molecular flexibility index (Phi) is 23.6. The van der Waals surface area contributed by atoms with Crippen LogP contribution in [0.4, 0.5) is 11.4 Å². The lowest BCUT2D eigenvalue weighted by atomic mass is 10.1. The molecule has 6 N–H and O–H groups in total. The summed E-state index contributed by atoms with van der Waals surface area (Å²) in [6, 6.07) is 0. The number of carbonyl (C=O) groups is 6. The van der Waals surface area contributed by atoms with E-state index in [4.69, 9.17) is 68.1 Å². The number of benzene rings is 2. The van der Waals surface area contributed by atoms with Gasteiger partial charge >= 0.3 is 11.9 Å². The molecule has 10 nitrogen and oxygen atoms in total. The molecular formula is C22H14Cl4I6N2O8S2. The zero-order chi connectivity index (χ0) is 34.6. The first-order valence-electron chi connectivity index (χ1n) is 10.5. The Morgan fingerprint density at radius 1 is 0.500 bits per heavy atom. The van der Waals surface area contributed by atoms with Crippen LogP contribution >= 0.6 is 205 Å². The van der Waals surface area contributed by atoms with Crippen molar-refractivity contribution in [3.05, 3.63) is 43.7 Å². The molecule has 0 amide bonds. The fourth-order valence-electron chi connectivity index (χ4n) is 2.49. The zero-order valence-electron chi connectivity index (χ0n) is 20.9. The van der Waals surface area contributed by atoms with Crippen LogP contribution in [0.15, 0.2) is 0 Å². The Morgan fingerprint density at radius 2 is 0.705 bits per heavy atom. The lowest BCUT2D eigenvalue weighted by Crippen LogP contribution is -2.11. The van der Waals surface area contributed by atoms with Crippen molar-refractivity contribution in [2.24, 2.45) is 0 Å². The van der Waals surface area contributed by atoms with Crippen LogP contribution < -0.4 is 11.5 Å². The molecule has 0 aliphatic heterocycles. The number of halogens is 10. The second-order valence-corrected chi connectivity index (χ2v) is 17.3. The second kappa shape index (κ2) is 22.6. The number of carboxylic acids is 2. The van der Waals surface area contributed by atoms with Gasteiger partial charge in [-0.2, -0.15) is 0 Å². The minimum Gasteiger partial charge on any atom is -0.481 e. The molecule has 0 heterocycles. The van der Waals surface area contributed by atoms with Crippen LogP contribution in [0, 0.1) is 21.4 Å². The first-order chi connectivity index (χ1) is 20.2. The molecular weight excluding hydrogens is 1390 g/mol. The maximum absolute atomic E-state index is 11.3. The third-order valence-corrected chi connectivity index (χ3v) is 13.9. The van der Waals surface area contributed by atoms with Crippen LogP contribution in [0.25, 0.3) is 0 Å². The molecule has 0 bridgehead atoms. The van der Waals surface area contributed by atoms with Gasteiger partial charge in [-0.05, 0) is 182 Å². The molecule has 0 aliphatic carbocycles. The molecule has 2 aromatic carbocycles. The monoisotopic (exact) mass is 1400 g/mol. The average molecular weight is 1400 g/mol. The van der Waals surface area contributed by atoms with E-state index in [0.717, 1.165) is 0 Å². The van der Waals surface area contributed by atoms with Crippen LogP contribution in [0.5, 0.6) is 0 Å². The van der Waals surface area contributed by atoms with Gasteiger partial charge in [-0.25, -0.2) is 0 Å². The first-order valence-corrected chi connectivity index (χ1v) is 20.8. The molecule has 0 radical (unpaired) electrons. The van der Waals surface area contributed by atoms with Crippen LogP contribution in [0.3, 0.4) is 0 Å². The number of nitrogens with two attached hydrogens (primary N) is 2. The molecule has 0 saturated carbocycles. The van der Waals surface area contributed by atoms with Crippen molar-refractivity contribution in [2.75, 3.05) is 34.5 Å². The fourth-order valence-corrected chi connectivity index (χ4v) is 14.4. The van der Waals surface area contributed by atoms with Gasteiger partial charge in [0.25, 0.3) is 21.0 Å². The molecule has 0 aliphatic rings. The van der Waals surface area contributed by atoms with Gasteiger partial charge in [-0.15, -0.1) is 23.5 Å². The smallest absolute Gasteiger partial charge is 0.313 e. The topological polar surface area (TPSA) is 195 Å². The highest BCUT2D eigenvalue weighted by atomic mass is 127. The summed E-state index contributed by atoms with van der Waals surface area (Å²) in [5, 5.41) is 13.8. The van der Waals surface area contributed by atoms with Crippen LogP contribution in [0.2, 0.25) is 0 Å². The number of carboxylic acid groups (broad SMARTS) is 2. The molecule has 0 unspecified atom stereocenters. The van der Waals surface area contributed by atoms with Crippen molar-refractivity contribution in [1.82, 2.24) is 0 Å². The minimum absolute atomic E-state index is 0.0909. The van der Waals surface area contributed by atoms with Gasteiger partial charge in [0.05, 0.1) is 59.4 Å². The normalized spacial score (nSPS) is 10.1. The van der Waals surface area contributed by atoms with E-state index < -0.39 is 32.9 Å². The van der Waals surface area contributed by atoms with Gasteiger partial charge in [0.2, 0.25) is 0 Å². The van der Waals surface area contributed by atoms with E-state index in [-0.39, 0.29) is 33.8 Å². The predicted molar refractivity (Wildman–Crippen MR) is 229 cm³/mol. The van der Waals surface area contributed by atoms with Gasteiger partial charge in [0, 0.05) is 18.6 Å². The highest BCUT2D eigenvalue weighted by molar-refractivity contribution is 14.1. The van der Waals surface area contributed by atoms with E-state index in [1.807, 2.05) is 136 Å². The van der Waals surface area contributed by atoms with Crippen molar-refractivity contribution >= 4 is 250 Å². The van der Waals surface area contributed by atoms with Gasteiger partial charge < -0.3 is 21.7 Å². The average Bonchev–Trinajstić information content (AvgIpc) is 2.88. The molecule has 0 atom stereocenters. The number of rotatable bonds is 11. The Labute approximate surface area is 360 Å². The molecule has 0 fully saturated rings. The molecule has 242 valence electrons. The number of hydrogen-bond acceptors (Lipinski definition) is 10. The molecule has 44 heavy (non-hydrogen) atoms. The van der Waals surface area contributed by atoms with Crippen LogP contribution in [-0.4, -0.2) is 66.1 Å². The third kappa shape index (κ3) is 14.4. The summed E-state index contributed by atoms with van der Waals surface area (Å²) in [5.41, 5.74) is 13.2. The molecule has 0 spiro atoms.